The molecule has 0 spiro atoms. The van der Waals surface area contributed by atoms with Crippen molar-refractivity contribution >= 4 is 23.2 Å². The number of halogens is 6. The first-order chi connectivity index (χ1) is 17.0. The fourth-order valence-electron chi connectivity index (χ4n) is 3.31. The molecule has 0 saturated carbocycles. The van der Waals surface area contributed by atoms with Crippen LogP contribution in [0.2, 0.25) is 10.0 Å². The van der Waals surface area contributed by atoms with Gasteiger partial charge in [-0.15, -0.1) is 10.2 Å². The number of pyridine rings is 1. The molecule has 2 atom stereocenters. The lowest BCUT2D eigenvalue weighted by Gasteiger charge is -2.15. The number of aliphatic hydroxyl groups excluding tert-OH is 1. The first-order valence-corrected chi connectivity index (χ1v) is 11.1. The van der Waals surface area contributed by atoms with Gasteiger partial charge in [-0.1, -0.05) is 23.2 Å². The average Bonchev–Trinajstić information content (AvgIpc) is 3.36. The predicted octanol–water partition coefficient (Wildman–Crippen LogP) is 4.00. The SMILES string of the molecule is CC(F)c1nc(Cn2nc(-c3ccc(Cl)cc3)n(C[C@H](O)C(F)(F)F)c2=O)nn1-c1ncccc1Cl. The maximum atomic E-state index is 14.3. The second-order valence-corrected chi connectivity index (χ2v) is 8.51. The first-order valence-electron chi connectivity index (χ1n) is 10.3. The fourth-order valence-corrected chi connectivity index (χ4v) is 3.64. The van der Waals surface area contributed by atoms with Crippen LogP contribution in [0.25, 0.3) is 17.2 Å². The summed E-state index contributed by atoms with van der Waals surface area (Å²) in [6, 6.07) is 8.96. The number of hydrogen-bond donors (Lipinski definition) is 1. The van der Waals surface area contributed by atoms with Crippen molar-refractivity contribution in [2.24, 2.45) is 0 Å². The summed E-state index contributed by atoms with van der Waals surface area (Å²) in [6.07, 6.45) is -7.95. The van der Waals surface area contributed by atoms with Gasteiger partial charge in [0.15, 0.2) is 35.6 Å². The molecule has 0 amide bonds. The standard InChI is InChI=1S/C21H17Cl2F4N7O2/c1-11(24)17-29-16(30-34(17)19-14(23)3-2-8-28-19)10-33-20(36)32(9-15(35)21(25,26)27)18(31-33)12-4-6-13(22)7-5-12/h2-8,11,15,35H,9-10H2,1H3/t11?,15-/m0/s1. The molecule has 9 nitrogen and oxygen atoms in total. The number of rotatable bonds is 7. The zero-order valence-electron chi connectivity index (χ0n) is 18.4. The Kier molecular flexibility index (Phi) is 7.16. The van der Waals surface area contributed by atoms with Crippen LogP contribution in [0.4, 0.5) is 17.6 Å². The summed E-state index contributed by atoms with van der Waals surface area (Å²) in [5, 5.41) is 18.4. The van der Waals surface area contributed by atoms with Gasteiger partial charge in [0, 0.05) is 16.8 Å². The van der Waals surface area contributed by atoms with E-state index >= 15 is 0 Å². The molecule has 0 fully saturated rings. The molecule has 0 aliphatic heterocycles. The summed E-state index contributed by atoms with van der Waals surface area (Å²) in [5.74, 6) is -0.262. The lowest BCUT2D eigenvalue weighted by Crippen LogP contribution is -2.37. The van der Waals surface area contributed by atoms with Gasteiger partial charge in [0.2, 0.25) is 0 Å². The molecule has 1 N–H and O–H groups in total. The Labute approximate surface area is 210 Å². The molecule has 0 aliphatic rings. The highest BCUT2D eigenvalue weighted by atomic mass is 35.5. The minimum Gasteiger partial charge on any atom is -0.382 e. The van der Waals surface area contributed by atoms with Gasteiger partial charge in [0.25, 0.3) is 0 Å². The minimum absolute atomic E-state index is 0.0676. The van der Waals surface area contributed by atoms with E-state index in [1.165, 1.54) is 43.5 Å². The molecular weight excluding hydrogens is 529 g/mol. The van der Waals surface area contributed by atoms with Gasteiger partial charge in [-0.05, 0) is 43.3 Å². The van der Waals surface area contributed by atoms with E-state index in [4.69, 9.17) is 23.2 Å². The van der Waals surface area contributed by atoms with Crippen molar-refractivity contribution < 1.29 is 22.7 Å². The molecular formula is C21H17Cl2F4N7O2. The van der Waals surface area contributed by atoms with Crippen molar-refractivity contribution in [1.29, 1.82) is 0 Å². The molecule has 1 unspecified atom stereocenters. The Balaban J connectivity index is 1.78. The zero-order valence-corrected chi connectivity index (χ0v) is 19.9. The van der Waals surface area contributed by atoms with Crippen molar-refractivity contribution in [3.8, 4) is 17.2 Å². The molecule has 190 valence electrons. The van der Waals surface area contributed by atoms with E-state index in [0.717, 1.165) is 9.36 Å². The quantitative estimate of drug-likeness (QED) is 0.352. The van der Waals surface area contributed by atoms with Crippen molar-refractivity contribution in [3.63, 3.8) is 0 Å². The van der Waals surface area contributed by atoms with Crippen molar-refractivity contribution in [2.75, 3.05) is 0 Å². The molecule has 0 saturated heterocycles. The Morgan fingerprint density at radius 1 is 1.11 bits per heavy atom. The van der Waals surface area contributed by atoms with Gasteiger partial charge in [0.1, 0.15) is 6.54 Å². The van der Waals surface area contributed by atoms with Gasteiger partial charge in [0.05, 0.1) is 11.6 Å². The largest absolute Gasteiger partial charge is 0.416 e. The molecule has 0 aliphatic carbocycles. The molecule has 1 aromatic carbocycles. The van der Waals surface area contributed by atoms with Gasteiger partial charge in [-0.2, -0.15) is 17.9 Å². The molecule has 0 bridgehead atoms. The lowest BCUT2D eigenvalue weighted by molar-refractivity contribution is -0.207. The highest BCUT2D eigenvalue weighted by molar-refractivity contribution is 6.32. The summed E-state index contributed by atoms with van der Waals surface area (Å²) in [5.41, 5.74) is -0.688. The highest BCUT2D eigenvalue weighted by Gasteiger charge is 2.39. The summed E-state index contributed by atoms with van der Waals surface area (Å²) < 4.78 is 56.0. The maximum absolute atomic E-state index is 14.3. The van der Waals surface area contributed by atoms with E-state index in [9.17, 15) is 27.5 Å². The van der Waals surface area contributed by atoms with Crippen LogP contribution in [0, 0.1) is 0 Å². The summed E-state index contributed by atoms with van der Waals surface area (Å²) in [6.45, 7) is -0.288. The van der Waals surface area contributed by atoms with Crippen LogP contribution in [0.3, 0.4) is 0 Å². The Hall–Kier alpha value is -3.29. The maximum Gasteiger partial charge on any atom is 0.416 e. The van der Waals surface area contributed by atoms with Gasteiger partial charge < -0.3 is 5.11 Å². The van der Waals surface area contributed by atoms with E-state index in [1.807, 2.05) is 0 Å². The van der Waals surface area contributed by atoms with Crippen molar-refractivity contribution in [1.82, 2.24) is 34.1 Å². The third-order valence-electron chi connectivity index (χ3n) is 5.02. The first kappa shape index (κ1) is 25.8. The summed E-state index contributed by atoms with van der Waals surface area (Å²) in [7, 11) is 0. The second-order valence-electron chi connectivity index (χ2n) is 7.66. The van der Waals surface area contributed by atoms with Crippen LogP contribution in [0.15, 0.2) is 47.4 Å². The van der Waals surface area contributed by atoms with Crippen LogP contribution in [-0.2, 0) is 13.1 Å². The number of aliphatic hydroxyl groups is 1. The normalized spacial score (nSPS) is 13.7. The molecule has 4 rings (SSSR count). The lowest BCUT2D eigenvalue weighted by atomic mass is 10.2. The topological polar surface area (TPSA) is 104 Å². The van der Waals surface area contributed by atoms with Gasteiger partial charge in [-0.3, -0.25) is 4.57 Å². The molecule has 0 radical (unpaired) electrons. The summed E-state index contributed by atoms with van der Waals surface area (Å²) in [4.78, 5) is 21.2. The number of nitrogens with zero attached hydrogens (tertiary/aromatic N) is 7. The Morgan fingerprint density at radius 2 is 1.81 bits per heavy atom. The van der Waals surface area contributed by atoms with Crippen LogP contribution < -0.4 is 5.69 Å². The Bertz CT molecular complexity index is 1430. The Morgan fingerprint density at radius 3 is 2.42 bits per heavy atom. The third kappa shape index (κ3) is 5.27. The van der Waals surface area contributed by atoms with Crippen LogP contribution in [-0.4, -0.2) is 51.5 Å². The van der Waals surface area contributed by atoms with Gasteiger partial charge in [-0.25, -0.2) is 23.8 Å². The van der Waals surface area contributed by atoms with E-state index in [1.54, 1.807) is 6.07 Å². The second kappa shape index (κ2) is 9.99. The highest BCUT2D eigenvalue weighted by Crippen LogP contribution is 2.25. The van der Waals surface area contributed by atoms with Crippen LogP contribution in [0.5, 0.6) is 0 Å². The van der Waals surface area contributed by atoms with E-state index in [2.05, 4.69) is 20.2 Å². The number of benzene rings is 1. The molecule has 36 heavy (non-hydrogen) atoms. The van der Waals surface area contributed by atoms with E-state index in [-0.39, 0.29) is 33.9 Å². The van der Waals surface area contributed by atoms with Gasteiger partial charge >= 0.3 is 11.9 Å². The molecule has 3 aromatic heterocycles. The smallest absolute Gasteiger partial charge is 0.382 e. The van der Waals surface area contributed by atoms with Crippen molar-refractivity contribution in [3.05, 3.63) is 74.8 Å². The third-order valence-corrected chi connectivity index (χ3v) is 5.57. The minimum atomic E-state index is -4.97. The van der Waals surface area contributed by atoms with Crippen molar-refractivity contribution in [2.45, 2.75) is 38.5 Å². The number of aromatic nitrogens is 7. The average molecular weight is 546 g/mol. The monoisotopic (exact) mass is 545 g/mol. The van der Waals surface area contributed by atoms with Crippen LogP contribution in [0.1, 0.15) is 24.7 Å². The summed E-state index contributed by atoms with van der Waals surface area (Å²) >= 11 is 12.0. The zero-order chi connectivity index (χ0) is 26.2. The molecule has 15 heteroatoms. The predicted molar refractivity (Wildman–Crippen MR) is 122 cm³/mol. The fraction of sp³-hybridized carbons (Fsp3) is 0.286. The molecule has 3 heterocycles. The number of hydrogen-bond acceptors (Lipinski definition) is 6. The van der Waals surface area contributed by atoms with E-state index in [0.29, 0.717) is 9.59 Å². The molecule has 4 aromatic rings. The van der Waals surface area contributed by atoms with Crippen LogP contribution >= 0.6 is 23.2 Å². The van der Waals surface area contributed by atoms with E-state index < -0.39 is 37.2 Å². The number of alkyl halides is 4.